The molecular formula is C22H24ClNO4. The molecule has 0 atom stereocenters. The van der Waals surface area contributed by atoms with Crippen molar-refractivity contribution in [1.29, 1.82) is 0 Å². The van der Waals surface area contributed by atoms with Crippen molar-refractivity contribution in [3.05, 3.63) is 52.2 Å². The van der Waals surface area contributed by atoms with E-state index >= 15 is 0 Å². The molecular weight excluding hydrogens is 378 g/mol. The van der Waals surface area contributed by atoms with Gasteiger partial charge in [-0.05, 0) is 82.5 Å². The smallest absolute Gasteiger partial charge is 0.238 e. The van der Waals surface area contributed by atoms with Gasteiger partial charge in [-0.25, -0.2) is 4.98 Å². The van der Waals surface area contributed by atoms with Crippen LogP contribution in [-0.2, 0) is 14.3 Å². The molecule has 0 unspecified atom stereocenters. The lowest BCUT2D eigenvalue weighted by Crippen LogP contribution is -2.58. The average molecular weight is 402 g/mol. The van der Waals surface area contributed by atoms with Gasteiger partial charge in [0.2, 0.25) is 5.88 Å². The molecule has 0 spiro atoms. The number of aryl methyl sites for hydroxylation is 2. The predicted molar refractivity (Wildman–Crippen MR) is 107 cm³/mol. The summed E-state index contributed by atoms with van der Waals surface area (Å²) in [5, 5.41) is 0.403. The number of benzene rings is 1. The van der Waals surface area contributed by atoms with E-state index in [0.717, 1.165) is 11.1 Å². The molecule has 0 saturated carbocycles. The van der Waals surface area contributed by atoms with Crippen molar-refractivity contribution in [2.45, 2.75) is 58.7 Å². The Bertz CT molecular complexity index is 916. The van der Waals surface area contributed by atoms with Crippen LogP contribution in [0.5, 0.6) is 11.6 Å². The van der Waals surface area contributed by atoms with E-state index in [9.17, 15) is 9.59 Å². The summed E-state index contributed by atoms with van der Waals surface area (Å²) in [6.45, 7) is 10.6. The fourth-order valence-corrected chi connectivity index (χ4v) is 3.98. The third kappa shape index (κ3) is 3.56. The Morgan fingerprint density at radius 2 is 1.57 bits per heavy atom. The number of halogens is 1. The zero-order valence-electron chi connectivity index (χ0n) is 16.9. The summed E-state index contributed by atoms with van der Waals surface area (Å²) in [5.41, 5.74) is 0.207. The normalized spacial score (nSPS) is 19.0. The fourth-order valence-electron chi connectivity index (χ4n) is 3.82. The van der Waals surface area contributed by atoms with Gasteiger partial charge in [-0.3, -0.25) is 9.59 Å². The molecule has 0 N–H and O–H groups in total. The number of carbonyl (C=O) groups is 2. The molecule has 0 radical (unpaired) electrons. The molecule has 2 heterocycles. The number of pyridine rings is 1. The molecule has 6 heteroatoms. The van der Waals surface area contributed by atoms with Gasteiger partial charge in [-0.1, -0.05) is 11.6 Å². The monoisotopic (exact) mass is 401 g/mol. The average Bonchev–Trinajstić information content (AvgIpc) is 2.57. The highest BCUT2D eigenvalue weighted by molar-refractivity contribution is 6.31. The molecule has 1 aliphatic heterocycles. The van der Waals surface area contributed by atoms with Crippen LogP contribution in [0.2, 0.25) is 5.02 Å². The third-order valence-electron chi connectivity index (χ3n) is 5.02. The van der Waals surface area contributed by atoms with Crippen LogP contribution in [0.1, 0.15) is 50.3 Å². The van der Waals surface area contributed by atoms with Crippen molar-refractivity contribution in [1.82, 2.24) is 4.98 Å². The van der Waals surface area contributed by atoms with E-state index in [-0.39, 0.29) is 11.6 Å². The highest BCUT2D eigenvalue weighted by atomic mass is 35.5. The highest BCUT2D eigenvalue weighted by Crippen LogP contribution is 2.41. The van der Waals surface area contributed by atoms with Crippen molar-refractivity contribution in [3.63, 3.8) is 0 Å². The molecule has 1 aliphatic rings. The maximum absolute atomic E-state index is 13.1. The van der Waals surface area contributed by atoms with Crippen LogP contribution < -0.4 is 4.74 Å². The number of ether oxygens (including phenoxy) is 2. The van der Waals surface area contributed by atoms with Crippen LogP contribution in [0.4, 0.5) is 0 Å². The van der Waals surface area contributed by atoms with Crippen molar-refractivity contribution >= 4 is 23.2 Å². The van der Waals surface area contributed by atoms with E-state index in [1.54, 1.807) is 58.2 Å². The second-order valence-corrected chi connectivity index (χ2v) is 8.55. The molecule has 28 heavy (non-hydrogen) atoms. The van der Waals surface area contributed by atoms with E-state index in [1.165, 1.54) is 0 Å². The molecule has 0 aliphatic carbocycles. The van der Waals surface area contributed by atoms with E-state index in [0.29, 0.717) is 22.2 Å². The van der Waals surface area contributed by atoms with Crippen molar-refractivity contribution in [2.75, 3.05) is 0 Å². The predicted octanol–water partition coefficient (Wildman–Crippen LogP) is 4.95. The molecule has 1 aromatic carbocycles. The molecule has 148 valence electrons. The largest absolute Gasteiger partial charge is 0.438 e. The minimum Gasteiger partial charge on any atom is -0.438 e. The molecule has 5 nitrogen and oxygen atoms in total. The minimum absolute atomic E-state index is 0.232. The zero-order valence-corrected chi connectivity index (χ0v) is 17.7. The summed E-state index contributed by atoms with van der Waals surface area (Å²) in [6.07, 6.45) is 1.60. The molecule has 0 amide bonds. The molecule has 1 fully saturated rings. The second kappa shape index (κ2) is 6.98. The standard InChI is InChI=1S/C22H24ClNO4/c1-12-10-14(27-20-15(23)8-7-9-24-20)11-13(2)16(12)17-18(25)21(3,4)28-22(5,6)19(17)26/h7-11,17H,1-6H3. The molecule has 2 aromatic rings. The van der Waals surface area contributed by atoms with Gasteiger partial charge in [0, 0.05) is 6.20 Å². The van der Waals surface area contributed by atoms with Crippen molar-refractivity contribution in [2.24, 2.45) is 0 Å². The zero-order chi connectivity index (χ0) is 20.9. The van der Waals surface area contributed by atoms with Crippen molar-refractivity contribution in [3.8, 4) is 11.6 Å². The summed E-state index contributed by atoms with van der Waals surface area (Å²) in [4.78, 5) is 30.3. The van der Waals surface area contributed by atoms with Gasteiger partial charge in [-0.15, -0.1) is 0 Å². The highest BCUT2D eigenvalue weighted by Gasteiger charge is 2.53. The lowest BCUT2D eigenvalue weighted by atomic mass is 9.73. The van der Waals surface area contributed by atoms with Crippen LogP contribution in [0.25, 0.3) is 0 Å². The van der Waals surface area contributed by atoms with Crippen molar-refractivity contribution < 1.29 is 19.1 Å². The van der Waals surface area contributed by atoms with Crippen LogP contribution in [0.15, 0.2) is 30.5 Å². The summed E-state index contributed by atoms with van der Waals surface area (Å²) in [5.74, 6) is -0.485. The number of rotatable bonds is 3. The number of carbonyl (C=O) groups excluding carboxylic acids is 2. The van der Waals surface area contributed by atoms with Gasteiger partial charge in [-0.2, -0.15) is 0 Å². The maximum atomic E-state index is 13.1. The van der Waals surface area contributed by atoms with Gasteiger partial charge in [0.05, 0.1) is 0 Å². The maximum Gasteiger partial charge on any atom is 0.238 e. The molecule has 1 aromatic heterocycles. The number of nitrogens with zero attached hydrogens (tertiary/aromatic N) is 1. The third-order valence-corrected chi connectivity index (χ3v) is 5.30. The molecule has 3 rings (SSSR count). The second-order valence-electron chi connectivity index (χ2n) is 8.15. The van der Waals surface area contributed by atoms with Crippen LogP contribution >= 0.6 is 11.6 Å². The van der Waals surface area contributed by atoms with E-state index in [4.69, 9.17) is 21.1 Å². The molecule has 0 bridgehead atoms. The summed E-state index contributed by atoms with van der Waals surface area (Å²) in [6, 6.07) is 7.01. The van der Waals surface area contributed by atoms with Gasteiger partial charge in [0.15, 0.2) is 11.6 Å². The van der Waals surface area contributed by atoms with Gasteiger partial charge < -0.3 is 9.47 Å². The topological polar surface area (TPSA) is 65.5 Å². The van der Waals surface area contributed by atoms with Crippen LogP contribution in [-0.4, -0.2) is 27.8 Å². The van der Waals surface area contributed by atoms with Gasteiger partial charge in [0.25, 0.3) is 0 Å². The Kier molecular flexibility index (Phi) is 5.11. The number of ketones is 2. The SMILES string of the molecule is Cc1cc(Oc2ncccc2Cl)cc(C)c1C1C(=O)C(C)(C)OC(C)(C)C1=O. The molecule has 1 saturated heterocycles. The number of hydrogen-bond acceptors (Lipinski definition) is 5. The Balaban J connectivity index is 2.04. The van der Waals surface area contributed by atoms with Gasteiger partial charge >= 0.3 is 0 Å². The fraction of sp³-hybridized carbons (Fsp3) is 0.409. The van der Waals surface area contributed by atoms with Gasteiger partial charge in [0.1, 0.15) is 27.9 Å². The Labute approximate surface area is 170 Å². The first-order chi connectivity index (χ1) is 12.9. The Morgan fingerprint density at radius 3 is 2.07 bits per heavy atom. The minimum atomic E-state index is -1.04. The summed E-state index contributed by atoms with van der Waals surface area (Å²) in [7, 11) is 0. The first kappa shape index (κ1) is 20.5. The lowest BCUT2D eigenvalue weighted by molar-refractivity contribution is -0.184. The van der Waals surface area contributed by atoms with Crippen LogP contribution in [0.3, 0.4) is 0 Å². The van der Waals surface area contributed by atoms with E-state index in [1.807, 2.05) is 13.8 Å². The Hall–Kier alpha value is -2.24. The van der Waals surface area contributed by atoms with E-state index < -0.39 is 17.1 Å². The lowest BCUT2D eigenvalue weighted by Gasteiger charge is -2.43. The summed E-state index contributed by atoms with van der Waals surface area (Å²) < 4.78 is 11.6. The Morgan fingerprint density at radius 1 is 1.04 bits per heavy atom. The summed E-state index contributed by atoms with van der Waals surface area (Å²) >= 11 is 6.12. The van der Waals surface area contributed by atoms with Crippen LogP contribution in [0, 0.1) is 13.8 Å². The first-order valence-corrected chi connectivity index (χ1v) is 9.50. The number of aromatic nitrogens is 1. The number of Topliss-reactive ketones (excluding diaryl/α,β-unsaturated/α-hetero) is 2. The quantitative estimate of drug-likeness (QED) is 0.680. The van der Waals surface area contributed by atoms with E-state index in [2.05, 4.69) is 4.98 Å². The first-order valence-electron chi connectivity index (χ1n) is 9.12. The number of hydrogen-bond donors (Lipinski definition) is 0.